The number of piperidine rings is 1. The molecule has 1 aromatic carbocycles. The molecule has 5 rings (SSSR count). The average Bonchev–Trinajstić information content (AvgIpc) is 3.44. The molecule has 2 heterocycles. The fraction of sp³-hybridized carbons (Fsp3) is 0.500. The van der Waals surface area contributed by atoms with Crippen molar-refractivity contribution in [1.29, 1.82) is 0 Å². The van der Waals surface area contributed by atoms with Crippen molar-refractivity contribution < 1.29 is 9.60 Å². The molecule has 0 spiro atoms. The summed E-state index contributed by atoms with van der Waals surface area (Å²) >= 11 is 0. The smallest absolute Gasteiger partial charge is 0.365 e. The molecule has 7 nitrogen and oxygen atoms in total. The van der Waals surface area contributed by atoms with Crippen LogP contribution < -0.4 is 21.9 Å². The van der Waals surface area contributed by atoms with Crippen molar-refractivity contribution in [3.05, 3.63) is 38.8 Å². The minimum atomic E-state index is -0.886. The SMILES string of the molecule is N[C@@H]1[C@H]2CN(c3cc4c(cc3F)c(=O)n(O)c(=O)n4C3CC3)C[C@@H]12. The van der Waals surface area contributed by atoms with E-state index >= 15 is 0 Å². The predicted octanol–water partition coefficient (Wildman–Crippen LogP) is 0.268. The second-order valence-corrected chi connectivity index (χ2v) is 7.13. The maximum Gasteiger partial charge on any atom is 0.365 e. The standard InChI is InChI=1S/C16H17FN4O3/c17-11-3-8-12(4-13(11)19-5-9-10(6-19)14(9)18)20(7-1-2-7)16(23)21(24)15(8)22/h3-4,7,9-10,14,24H,1-2,5-6,18H2/t9-,10+,14+. The lowest BCUT2D eigenvalue weighted by atomic mass is 10.2. The number of nitrogens with zero attached hydrogens (tertiary/aromatic N) is 3. The molecule has 2 aromatic rings. The highest BCUT2D eigenvalue weighted by Gasteiger charge is 2.54. The van der Waals surface area contributed by atoms with Gasteiger partial charge in [0, 0.05) is 25.2 Å². The van der Waals surface area contributed by atoms with Crippen LogP contribution in [0.4, 0.5) is 10.1 Å². The summed E-state index contributed by atoms with van der Waals surface area (Å²) in [6, 6.07) is 2.86. The minimum Gasteiger partial charge on any atom is -0.421 e. The van der Waals surface area contributed by atoms with Crippen LogP contribution in [0.25, 0.3) is 10.9 Å². The first kappa shape index (κ1) is 14.0. The second kappa shape index (κ2) is 4.38. The highest BCUT2D eigenvalue weighted by molar-refractivity contribution is 5.83. The monoisotopic (exact) mass is 332 g/mol. The van der Waals surface area contributed by atoms with Gasteiger partial charge in [-0.3, -0.25) is 9.36 Å². The summed E-state index contributed by atoms with van der Waals surface area (Å²) in [4.78, 5) is 26.3. The highest BCUT2D eigenvalue weighted by Crippen LogP contribution is 2.46. The van der Waals surface area contributed by atoms with Crippen LogP contribution >= 0.6 is 0 Å². The third-order valence-electron chi connectivity index (χ3n) is 5.65. The largest absolute Gasteiger partial charge is 0.421 e. The summed E-state index contributed by atoms with van der Waals surface area (Å²) in [5, 5.41) is 9.75. The van der Waals surface area contributed by atoms with E-state index in [1.807, 2.05) is 4.90 Å². The molecule has 0 bridgehead atoms. The Morgan fingerprint density at radius 3 is 2.46 bits per heavy atom. The number of aromatic nitrogens is 2. The van der Waals surface area contributed by atoms with E-state index in [1.165, 1.54) is 4.57 Å². The maximum atomic E-state index is 14.6. The highest BCUT2D eigenvalue weighted by atomic mass is 19.1. The van der Waals surface area contributed by atoms with Gasteiger partial charge in [0.25, 0.3) is 5.56 Å². The summed E-state index contributed by atoms with van der Waals surface area (Å²) in [7, 11) is 0. The van der Waals surface area contributed by atoms with Crippen LogP contribution in [0.1, 0.15) is 18.9 Å². The molecule has 1 aromatic heterocycles. The van der Waals surface area contributed by atoms with E-state index in [4.69, 9.17) is 5.73 Å². The van der Waals surface area contributed by atoms with Crippen molar-refractivity contribution in [1.82, 2.24) is 9.30 Å². The number of fused-ring (bicyclic) bond motifs is 2. The Balaban J connectivity index is 1.72. The minimum absolute atomic E-state index is 0.0197. The third-order valence-corrected chi connectivity index (χ3v) is 5.65. The molecule has 3 N–H and O–H groups in total. The van der Waals surface area contributed by atoms with E-state index in [1.54, 1.807) is 6.07 Å². The van der Waals surface area contributed by atoms with Crippen molar-refractivity contribution >= 4 is 16.6 Å². The zero-order valence-corrected chi connectivity index (χ0v) is 12.9. The Morgan fingerprint density at radius 1 is 1.17 bits per heavy atom. The predicted molar refractivity (Wildman–Crippen MR) is 85.0 cm³/mol. The fourth-order valence-electron chi connectivity index (χ4n) is 4.02. The summed E-state index contributed by atoms with van der Waals surface area (Å²) in [5.41, 5.74) is 5.06. The van der Waals surface area contributed by atoms with Crippen LogP contribution in [-0.2, 0) is 0 Å². The van der Waals surface area contributed by atoms with Gasteiger partial charge in [-0.2, -0.15) is 0 Å². The van der Waals surface area contributed by atoms with Crippen LogP contribution in [0, 0.1) is 17.7 Å². The Kier molecular flexibility index (Phi) is 2.56. The molecule has 1 saturated heterocycles. The molecule has 1 aliphatic heterocycles. The molecule has 0 unspecified atom stereocenters. The van der Waals surface area contributed by atoms with Gasteiger partial charge in [-0.1, -0.05) is 4.73 Å². The molecular formula is C16H17FN4O3. The number of rotatable bonds is 2. The Labute approximate surface area is 135 Å². The van der Waals surface area contributed by atoms with Gasteiger partial charge in [0.2, 0.25) is 0 Å². The Morgan fingerprint density at radius 2 is 1.83 bits per heavy atom. The van der Waals surface area contributed by atoms with Crippen molar-refractivity contribution in [3.63, 3.8) is 0 Å². The molecule has 3 atom stereocenters. The van der Waals surface area contributed by atoms with Crippen molar-refractivity contribution in [2.24, 2.45) is 17.6 Å². The first-order chi connectivity index (χ1) is 11.5. The molecule has 2 aliphatic carbocycles. The van der Waals surface area contributed by atoms with Crippen LogP contribution in [0.3, 0.4) is 0 Å². The Bertz CT molecular complexity index is 981. The number of anilines is 1. The van der Waals surface area contributed by atoms with Gasteiger partial charge in [-0.05, 0) is 36.8 Å². The average molecular weight is 332 g/mol. The van der Waals surface area contributed by atoms with Gasteiger partial charge in [0.1, 0.15) is 5.82 Å². The normalized spacial score (nSPS) is 28.4. The lowest BCUT2D eigenvalue weighted by Gasteiger charge is -2.23. The lowest BCUT2D eigenvalue weighted by Crippen LogP contribution is -2.38. The summed E-state index contributed by atoms with van der Waals surface area (Å²) in [5.74, 6) is 0.280. The third kappa shape index (κ3) is 1.74. The number of nitrogens with two attached hydrogens (primary N) is 1. The summed E-state index contributed by atoms with van der Waals surface area (Å²) < 4.78 is 16.1. The van der Waals surface area contributed by atoms with Crippen LogP contribution in [0.5, 0.6) is 0 Å². The first-order valence-corrected chi connectivity index (χ1v) is 8.18. The van der Waals surface area contributed by atoms with Gasteiger partial charge in [0.15, 0.2) is 0 Å². The zero-order chi connectivity index (χ0) is 16.7. The molecule has 0 amide bonds. The second-order valence-electron chi connectivity index (χ2n) is 7.13. The van der Waals surface area contributed by atoms with Crippen molar-refractivity contribution in [2.45, 2.75) is 24.9 Å². The summed E-state index contributed by atoms with van der Waals surface area (Å²) in [6.07, 6.45) is 1.62. The molecule has 24 heavy (non-hydrogen) atoms. The molecule has 2 saturated carbocycles. The number of benzene rings is 1. The van der Waals surface area contributed by atoms with E-state index in [0.717, 1.165) is 18.9 Å². The molecule has 3 fully saturated rings. The number of halogens is 1. The first-order valence-electron chi connectivity index (χ1n) is 8.18. The van der Waals surface area contributed by atoms with Gasteiger partial charge in [-0.15, -0.1) is 0 Å². The van der Waals surface area contributed by atoms with Crippen molar-refractivity contribution in [3.8, 4) is 0 Å². The molecule has 8 heteroatoms. The van der Waals surface area contributed by atoms with Gasteiger partial charge >= 0.3 is 5.69 Å². The topological polar surface area (TPSA) is 93.5 Å². The summed E-state index contributed by atoms with van der Waals surface area (Å²) in [6.45, 7) is 1.39. The quantitative estimate of drug-likeness (QED) is 0.770. The lowest BCUT2D eigenvalue weighted by molar-refractivity contribution is 0.157. The zero-order valence-electron chi connectivity index (χ0n) is 12.9. The molecule has 3 aliphatic rings. The van der Waals surface area contributed by atoms with E-state index in [-0.39, 0.29) is 22.2 Å². The van der Waals surface area contributed by atoms with Gasteiger partial charge < -0.3 is 15.8 Å². The van der Waals surface area contributed by atoms with Crippen molar-refractivity contribution in [2.75, 3.05) is 18.0 Å². The molecule has 126 valence electrons. The van der Waals surface area contributed by atoms with Crippen LogP contribution in [-0.4, -0.2) is 33.6 Å². The van der Waals surface area contributed by atoms with Crippen LogP contribution in [0.2, 0.25) is 0 Å². The van der Waals surface area contributed by atoms with Gasteiger partial charge in [-0.25, -0.2) is 9.18 Å². The number of hydrogen-bond acceptors (Lipinski definition) is 5. The van der Waals surface area contributed by atoms with E-state index in [2.05, 4.69) is 0 Å². The fourth-order valence-corrected chi connectivity index (χ4v) is 4.02. The van der Waals surface area contributed by atoms with Gasteiger partial charge in [0.05, 0.1) is 16.6 Å². The van der Waals surface area contributed by atoms with E-state index < -0.39 is 17.1 Å². The molecule has 0 radical (unpaired) electrons. The van der Waals surface area contributed by atoms with Crippen LogP contribution in [0.15, 0.2) is 21.7 Å². The number of hydrogen-bond donors (Lipinski definition) is 2. The van der Waals surface area contributed by atoms with E-state index in [9.17, 15) is 19.2 Å². The Hall–Kier alpha value is -2.35. The van der Waals surface area contributed by atoms with E-state index in [0.29, 0.717) is 36.1 Å². The maximum absolute atomic E-state index is 14.6. The molecular weight excluding hydrogens is 315 g/mol.